The Morgan fingerprint density at radius 2 is 1.80 bits per heavy atom. The molecule has 224 valence electrons. The zero-order valence-corrected chi connectivity index (χ0v) is 23.2. The number of alkyl halides is 3. The van der Waals surface area contributed by atoms with Crippen LogP contribution in [-0.4, -0.2) is 73.0 Å². The fraction of sp³-hybridized carbons (Fsp3) is 0.462. The quantitative estimate of drug-likeness (QED) is 0.302. The van der Waals surface area contributed by atoms with E-state index in [1.165, 1.54) is 17.7 Å². The van der Waals surface area contributed by atoms with Crippen molar-refractivity contribution >= 4 is 35.0 Å². The first-order chi connectivity index (χ1) is 19.2. The molecule has 2 fully saturated rings. The minimum Gasteiger partial charge on any atom is -0.493 e. The molecular weight excluding hydrogens is 573 g/mol. The summed E-state index contributed by atoms with van der Waals surface area (Å²) in [5.41, 5.74) is 1.29. The van der Waals surface area contributed by atoms with E-state index in [0.717, 1.165) is 38.0 Å². The van der Waals surface area contributed by atoms with Crippen molar-refractivity contribution in [2.75, 3.05) is 33.1 Å². The van der Waals surface area contributed by atoms with Gasteiger partial charge in [-0.25, -0.2) is 9.59 Å². The number of nitrogens with one attached hydrogen (secondary N) is 2. The van der Waals surface area contributed by atoms with Crippen LogP contribution in [-0.2, 0) is 10.2 Å². The summed E-state index contributed by atoms with van der Waals surface area (Å²) in [6.45, 7) is 0.979. The highest BCUT2D eigenvalue weighted by molar-refractivity contribution is 6.32. The molecule has 0 unspecified atom stereocenters. The standard InChI is InChI=1S/C24H29ClN4O5.C2HF3O2/c1-28-11-10-24(15-4-7-20(33-2)21(12-15)34-3)9-8-17(14-22(24)28)27-23(30)26-16-5-6-18(25)19(13-16)29(31)32;3-2(4,5)1(6)7/h4-7,12-13,17,22H,8-11,14H2,1-3H3,(H2,26,27,30);(H,6,7)/t17-,22+,24+;/m1./s1. The number of nitrogens with zero attached hydrogens (tertiary/aromatic N) is 2. The number of likely N-dealkylation sites (N-methyl/N-ethyl adjacent to an activating group) is 1. The molecular formula is C26H30ClF3N4O7. The summed E-state index contributed by atoms with van der Waals surface area (Å²) in [5, 5.41) is 24.0. The number of nitro groups is 1. The number of amides is 2. The van der Waals surface area contributed by atoms with Gasteiger partial charge in [0.15, 0.2) is 11.5 Å². The van der Waals surface area contributed by atoms with E-state index in [1.807, 2.05) is 6.07 Å². The van der Waals surface area contributed by atoms with Gasteiger partial charge in [-0.1, -0.05) is 17.7 Å². The Kier molecular flexibility index (Phi) is 9.92. The predicted molar refractivity (Wildman–Crippen MR) is 144 cm³/mol. The van der Waals surface area contributed by atoms with E-state index in [-0.39, 0.29) is 34.2 Å². The number of anilines is 1. The number of benzene rings is 2. The normalized spacial score (nSPS) is 22.0. The van der Waals surface area contributed by atoms with Crippen LogP contribution in [0.2, 0.25) is 5.02 Å². The van der Waals surface area contributed by atoms with Gasteiger partial charge in [0, 0.05) is 29.3 Å². The number of nitro benzene ring substituents is 1. The molecule has 2 aromatic rings. The van der Waals surface area contributed by atoms with Crippen LogP contribution in [0.25, 0.3) is 0 Å². The molecule has 0 radical (unpaired) electrons. The van der Waals surface area contributed by atoms with Gasteiger partial charge in [0.05, 0.1) is 19.1 Å². The predicted octanol–water partition coefficient (Wildman–Crippen LogP) is 5.21. The van der Waals surface area contributed by atoms with Crippen molar-refractivity contribution in [1.29, 1.82) is 0 Å². The van der Waals surface area contributed by atoms with E-state index >= 15 is 0 Å². The Hall–Kier alpha value is -3.78. The van der Waals surface area contributed by atoms with Crippen LogP contribution >= 0.6 is 11.6 Å². The van der Waals surface area contributed by atoms with Crippen LogP contribution in [0.3, 0.4) is 0 Å². The number of urea groups is 1. The molecule has 2 aliphatic rings. The fourth-order valence-corrected chi connectivity index (χ4v) is 5.66. The Morgan fingerprint density at radius 3 is 2.39 bits per heavy atom. The summed E-state index contributed by atoms with van der Waals surface area (Å²) in [6.07, 6.45) is -1.49. The average Bonchev–Trinajstić information content (AvgIpc) is 3.25. The number of rotatable bonds is 6. The third-order valence-electron chi connectivity index (χ3n) is 7.46. The van der Waals surface area contributed by atoms with Gasteiger partial charge in [0.2, 0.25) is 0 Å². The monoisotopic (exact) mass is 602 g/mol. The third kappa shape index (κ3) is 7.30. The molecule has 0 aromatic heterocycles. The number of hydrogen-bond donors (Lipinski definition) is 3. The van der Waals surface area contributed by atoms with E-state index in [9.17, 15) is 28.1 Å². The van der Waals surface area contributed by atoms with Crippen molar-refractivity contribution in [3.63, 3.8) is 0 Å². The lowest BCUT2D eigenvalue weighted by Crippen LogP contribution is -2.52. The number of carboxylic acid groups (broad SMARTS) is 1. The van der Waals surface area contributed by atoms with Gasteiger partial charge in [0.25, 0.3) is 5.69 Å². The Balaban J connectivity index is 0.000000587. The SMILES string of the molecule is COc1ccc([C@@]23CC[C@@H](NC(=O)Nc4ccc(Cl)c([N+](=O)[O-])c4)C[C@@H]2N(C)CC3)cc1OC.O=C(O)C(F)(F)F. The number of carbonyl (C=O) groups excluding carboxylic acids is 1. The van der Waals surface area contributed by atoms with Gasteiger partial charge < -0.3 is 30.1 Å². The van der Waals surface area contributed by atoms with Crippen molar-refractivity contribution in [1.82, 2.24) is 10.2 Å². The summed E-state index contributed by atoms with van der Waals surface area (Å²) >= 11 is 5.86. The summed E-state index contributed by atoms with van der Waals surface area (Å²) in [6, 6.07) is 10.2. The van der Waals surface area contributed by atoms with Crippen molar-refractivity contribution < 1.29 is 42.3 Å². The Bertz CT molecular complexity index is 1300. The van der Waals surface area contributed by atoms with E-state index < -0.39 is 17.1 Å². The maximum atomic E-state index is 12.7. The number of carboxylic acids is 1. The smallest absolute Gasteiger partial charge is 0.490 e. The van der Waals surface area contributed by atoms with Crippen LogP contribution < -0.4 is 20.1 Å². The number of carbonyl (C=O) groups is 2. The summed E-state index contributed by atoms with van der Waals surface area (Å²) in [7, 11) is 5.40. The van der Waals surface area contributed by atoms with E-state index in [4.69, 9.17) is 31.0 Å². The molecule has 2 aromatic carbocycles. The Labute approximate surface area is 238 Å². The van der Waals surface area contributed by atoms with Crippen LogP contribution in [0.15, 0.2) is 36.4 Å². The van der Waals surface area contributed by atoms with Crippen LogP contribution in [0, 0.1) is 10.1 Å². The van der Waals surface area contributed by atoms with Crippen molar-refractivity contribution in [3.05, 3.63) is 57.1 Å². The highest BCUT2D eigenvalue weighted by Gasteiger charge is 2.50. The van der Waals surface area contributed by atoms with Crippen LogP contribution in [0.1, 0.15) is 31.2 Å². The summed E-state index contributed by atoms with van der Waals surface area (Å²) < 4.78 is 42.7. The summed E-state index contributed by atoms with van der Waals surface area (Å²) in [4.78, 5) is 34.5. The molecule has 1 heterocycles. The maximum Gasteiger partial charge on any atom is 0.490 e. The first-order valence-corrected chi connectivity index (χ1v) is 12.8. The molecule has 15 heteroatoms. The number of aliphatic carboxylic acids is 1. The number of likely N-dealkylation sites (tertiary alicyclic amines) is 1. The molecule has 2 amide bonds. The molecule has 11 nitrogen and oxygen atoms in total. The second kappa shape index (κ2) is 12.8. The molecule has 0 bridgehead atoms. The molecule has 3 atom stereocenters. The van der Waals surface area contributed by atoms with Crippen molar-refractivity contribution in [3.8, 4) is 11.5 Å². The van der Waals surface area contributed by atoms with E-state index in [2.05, 4.69) is 34.7 Å². The first-order valence-electron chi connectivity index (χ1n) is 12.5. The van der Waals surface area contributed by atoms with Crippen LogP contribution in [0.4, 0.5) is 29.3 Å². The Morgan fingerprint density at radius 1 is 1.15 bits per heavy atom. The molecule has 1 aliphatic heterocycles. The minimum atomic E-state index is -5.08. The number of methoxy groups -OCH3 is 2. The molecule has 1 saturated carbocycles. The van der Waals surface area contributed by atoms with Gasteiger partial charge in [-0.2, -0.15) is 13.2 Å². The number of halogens is 4. The second-order valence-electron chi connectivity index (χ2n) is 9.77. The highest BCUT2D eigenvalue weighted by Crippen LogP contribution is 2.49. The zero-order chi connectivity index (χ0) is 30.5. The topological polar surface area (TPSA) is 143 Å². The maximum absolute atomic E-state index is 12.7. The van der Waals surface area contributed by atoms with Crippen molar-refractivity contribution in [2.45, 2.75) is 49.4 Å². The molecule has 3 N–H and O–H groups in total. The molecule has 1 aliphatic carbocycles. The van der Waals surface area contributed by atoms with E-state index in [1.54, 1.807) is 20.3 Å². The van der Waals surface area contributed by atoms with E-state index in [0.29, 0.717) is 11.4 Å². The first kappa shape index (κ1) is 31.7. The van der Waals surface area contributed by atoms with Gasteiger partial charge in [-0.15, -0.1) is 0 Å². The average molecular weight is 603 g/mol. The second-order valence-corrected chi connectivity index (χ2v) is 10.2. The fourth-order valence-electron chi connectivity index (χ4n) is 5.48. The lowest BCUT2D eigenvalue weighted by atomic mass is 9.65. The van der Waals surface area contributed by atoms with Crippen molar-refractivity contribution in [2.24, 2.45) is 0 Å². The van der Waals surface area contributed by atoms with Gasteiger partial charge in [0.1, 0.15) is 5.02 Å². The number of hydrogen-bond acceptors (Lipinski definition) is 7. The largest absolute Gasteiger partial charge is 0.493 e. The van der Waals surface area contributed by atoms with Gasteiger partial charge in [-0.05, 0) is 69.1 Å². The third-order valence-corrected chi connectivity index (χ3v) is 7.78. The van der Waals surface area contributed by atoms with Gasteiger partial charge >= 0.3 is 18.2 Å². The molecule has 1 saturated heterocycles. The lowest BCUT2D eigenvalue weighted by Gasteiger charge is -2.45. The lowest BCUT2D eigenvalue weighted by molar-refractivity contribution is -0.384. The summed E-state index contributed by atoms with van der Waals surface area (Å²) in [5.74, 6) is -1.33. The number of ether oxygens (including phenoxy) is 2. The minimum absolute atomic E-state index is 0.0129. The van der Waals surface area contributed by atoms with Gasteiger partial charge in [-0.3, -0.25) is 10.1 Å². The number of fused-ring (bicyclic) bond motifs is 1. The molecule has 4 rings (SSSR count). The zero-order valence-electron chi connectivity index (χ0n) is 22.5. The molecule has 0 spiro atoms. The highest BCUT2D eigenvalue weighted by atomic mass is 35.5. The molecule has 41 heavy (non-hydrogen) atoms. The van der Waals surface area contributed by atoms with Crippen LogP contribution in [0.5, 0.6) is 11.5 Å².